The summed E-state index contributed by atoms with van der Waals surface area (Å²) in [6.45, 7) is -5.92. The standard InChI is InChI=1S/2C17H12BrClF2N2O2/c2*18-8-4-5-10-11(6-8)23-12(7-13(24)16(23)22-10)15-9(19)2-1-3-14(15)25-17(20)21/h2*1-6,12-13,17,24H,7H2/t12-,13+;12-,13-/m11/s1. The number of rotatable bonds is 6. The van der Waals surface area contributed by atoms with E-state index in [1.165, 1.54) is 12.1 Å². The molecule has 2 aliphatic heterocycles. The molecule has 0 unspecified atom stereocenters. The fourth-order valence-corrected chi connectivity index (χ4v) is 7.99. The number of fused-ring (bicyclic) bond motifs is 6. The zero-order chi connectivity index (χ0) is 35.4. The molecule has 8 rings (SSSR count). The molecule has 0 amide bonds. The number of aliphatic hydroxyl groups is 2. The third kappa shape index (κ3) is 6.46. The van der Waals surface area contributed by atoms with E-state index in [0.717, 1.165) is 20.0 Å². The van der Waals surface area contributed by atoms with Gasteiger partial charge in [-0.2, -0.15) is 17.6 Å². The van der Waals surface area contributed by atoms with Gasteiger partial charge in [-0.3, -0.25) is 0 Å². The van der Waals surface area contributed by atoms with Crippen molar-refractivity contribution in [2.24, 2.45) is 0 Å². The Morgan fingerprint density at radius 2 is 1.06 bits per heavy atom. The molecule has 2 aliphatic rings. The summed E-state index contributed by atoms with van der Waals surface area (Å²) < 4.78 is 65.9. The molecule has 0 aliphatic carbocycles. The van der Waals surface area contributed by atoms with Crippen molar-refractivity contribution in [3.05, 3.63) is 115 Å². The largest absolute Gasteiger partial charge is 0.434 e. The van der Waals surface area contributed by atoms with Gasteiger partial charge in [0, 0.05) is 43.0 Å². The lowest BCUT2D eigenvalue weighted by Crippen LogP contribution is -2.11. The summed E-state index contributed by atoms with van der Waals surface area (Å²) >= 11 is 19.5. The number of nitrogens with zero attached hydrogens (tertiary/aromatic N) is 4. The van der Waals surface area contributed by atoms with E-state index < -0.39 is 37.5 Å². The summed E-state index contributed by atoms with van der Waals surface area (Å²) in [6, 6.07) is 19.5. The smallest absolute Gasteiger partial charge is 0.387 e. The van der Waals surface area contributed by atoms with Crippen LogP contribution in [0.15, 0.2) is 81.7 Å². The molecule has 0 saturated heterocycles. The summed E-state index contributed by atoms with van der Waals surface area (Å²) in [5, 5.41) is 21.5. The van der Waals surface area contributed by atoms with Crippen molar-refractivity contribution in [2.45, 2.75) is 50.4 Å². The number of imidazole rings is 2. The highest BCUT2D eigenvalue weighted by Crippen LogP contribution is 2.48. The Hall–Kier alpha value is -3.40. The van der Waals surface area contributed by atoms with Crippen LogP contribution in [0.25, 0.3) is 22.1 Å². The Morgan fingerprint density at radius 1 is 0.660 bits per heavy atom. The Kier molecular flexibility index (Phi) is 9.78. The van der Waals surface area contributed by atoms with Gasteiger partial charge in [0.1, 0.15) is 35.4 Å². The van der Waals surface area contributed by atoms with Crippen LogP contribution in [0.3, 0.4) is 0 Å². The SMILES string of the molecule is O[C@@H]1C[C@H](c2c(Cl)cccc2OC(F)F)n2c1nc1ccc(Br)cc12.O[C@H]1C[C@H](c2c(Cl)cccc2OC(F)F)n2c1nc1ccc(Br)cc12. The predicted octanol–water partition coefficient (Wildman–Crippen LogP) is 10.2. The second-order valence-electron chi connectivity index (χ2n) is 11.5. The molecular weight excluding hydrogens is 835 g/mol. The highest BCUT2D eigenvalue weighted by molar-refractivity contribution is 9.10. The predicted molar refractivity (Wildman–Crippen MR) is 186 cm³/mol. The average molecular weight is 859 g/mol. The molecule has 0 bridgehead atoms. The number of hydrogen-bond acceptors (Lipinski definition) is 6. The summed E-state index contributed by atoms with van der Waals surface area (Å²) in [4.78, 5) is 8.94. The van der Waals surface area contributed by atoms with Gasteiger partial charge in [0.05, 0.1) is 34.2 Å². The summed E-state index contributed by atoms with van der Waals surface area (Å²) in [5.74, 6) is 0.982. The minimum atomic E-state index is -2.96. The fourth-order valence-electron chi connectivity index (χ4n) is 6.71. The van der Waals surface area contributed by atoms with Gasteiger partial charge in [-0.25, -0.2) is 9.97 Å². The van der Waals surface area contributed by atoms with Crippen molar-refractivity contribution in [1.29, 1.82) is 0 Å². The molecule has 0 spiro atoms. The molecule has 2 aromatic heterocycles. The van der Waals surface area contributed by atoms with Crippen LogP contribution < -0.4 is 9.47 Å². The van der Waals surface area contributed by atoms with Gasteiger partial charge in [0.2, 0.25) is 0 Å². The molecule has 16 heteroatoms. The van der Waals surface area contributed by atoms with Gasteiger partial charge in [0.25, 0.3) is 0 Å². The van der Waals surface area contributed by atoms with Crippen molar-refractivity contribution in [2.75, 3.05) is 0 Å². The van der Waals surface area contributed by atoms with Gasteiger partial charge in [0.15, 0.2) is 0 Å². The third-order valence-corrected chi connectivity index (χ3v) is 10.2. The number of halogens is 8. The van der Waals surface area contributed by atoms with Crippen LogP contribution in [0, 0.1) is 0 Å². The Balaban J connectivity index is 0.000000157. The van der Waals surface area contributed by atoms with Crippen LogP contribution in [0.5, 0.6) is 11.5 Å². The molecule has 6 aromatic rings. The van der Waals surface area contributed by atoms with Crippen LogP contribution >= 0.6 is 55.1 Å². The molecular formula is C34H24Br2Cl2F4N4O4. The average Bonchev–Trinajstić information content (AvgIpc) is 3.78. The van der Waals surface area contributed by atoms with E-state index in [1.54, 1.807) is 24.3 Å². The normalized spacial score (nSPS) is 19.6. The topological polar surface area (TPSA) is 94.6 Å². The van der Waals surface area contributed by atoms with Crippen molar-refractivity contribution in [3.63, 3.8) is 0 Å². The lowest BCUT2D eigenvalue weighted by Gasteiger charge is -2.20. The molecule has 50 heavy (non-hydrogen) atoms. The van der Waals surface area contributed by atoms with Crippen LogP contribution in [-0.2, 0) is 0 Å². The van der Waals surface area contributed by atoms with E-state index in [0.29, 0.717) is 43.9 Å². The maximum Gasteiger partial charge on any atom is 0.387 e. The first-order chi connectivity index (χ1) is 23.9. The molecule has 4 heterocycles. The molecule has 0 radical (unpaired) electrons. The minimum Gasteiger partial charge on any atom is -0.434 e. The third-order valence-electron chi connectivity index (χ3n) is 8.59. The zero-order valence-electron chi connectivity index (χ0n) is 25.3. The monoisotopic (exact) mass is 856 g/mol. The van der Waals surface area contributed by atoms with Gasteiger partial charge in [-0.05, 0) is 60.7 Å². The van der Waals surface area contributed by atoms with Crippen LogP contribution in [0.2, 0.25) is 10.0 Å². The first-order valence-corrected chi connectivity index (χ1v) is 17.4. The summed E-state index contributed by atoms with van der Waals surface area (Å²) in [6.07, 6.45) is -1.05. The van der Waals surface area contributed by atoms with Gasteiger partial charge < -0.3 is 28.8 Å². The Bertz CT molecular complexity index is 2080. The Labute approximate surface area is 308 Å². The van der Waals surface area contributed by atoms with Crippen LogP contribution in [0.4, 0.5) is 17.6 Å². The van der Waals surface area contributed by atoms with E-state index in [-0.39, 0.29) is 24.3 Å². The molecule has 2 N–H and O–H groups in total. The number of aliphatic hydroxyl groups excluding tert-OH is 2. The fraction of sp³-hybridized carbons (Fsp3) is 0.235. The number of alkyl halides is 4. The minimum absolute atomic E-state index is 0.00407. The Morgan fingerprint density at radius 3 is 1.44 bits per heavy atom. The zero-order valence-corrected chi connectivity index (χ0v) is 30.0. The van der Waals surface area contributed by atoms with E-state index in [1.807, 2.05) is 45.5 Å². The highest BCUT2D eigenvalue weighted by Gasteiger charge is 2.38. The van der Waals surface area contributed by atoms with Crippen molar-refractivity contribution >= 4 is 77.1 Å². The number of ether oxygens (including phenoxy) is 2. The quantitative estimate of drug-likeness (QED) is 0.162. The maximum atomic E-state index is 12.8. The summed E-state index contributed by atoms with van der Waals surface area (Å²) in [7, 11) is 0. The molecule has 8 nitrogen and oxygen atoms in total. The van der Waals surface area contributed by atoms with Gasteiger partial charge in [-0.15, -0.1) is 0 Å². The van der Waals surface area contributed by atoms with E-state index >= 15 is 0 Å². The summed E-state index contributed by atoms with van der Waals surface area (Å²) in [5.41, 5.74) is 3.83. The lowest BCUT2D eigenvalue weighted by molar-refractivity contribution is -0.0514. The second-order valence-corrected chi connectivity index (χ2v) is 14.2. The van der Waals surface area contributed by atoms with Crippen molar-refractivity contribution in [1.82, 2.24) is 19.1 Å². The number of benzene rings is 4. The van der Waals surface area contributed by atoms with Crippen molar-refractivity contribution in [3.8, 4) is 11.5 Å². The maximum absolute atomic E-state index is 12.8. The number of hydrogen-bond donors (Lipinski definition) is 2. The van der Waals surface area contributed by atoms with E-state index in [4.69, 9.17) is 23.2 Å². The lowest BCUT2D eigenvalue weighted by atomic mass is 10.0. The van der Waals surface area contributed by atoms with Gasteiger partial charge in [-0.1, -0.05) is 67.2 Å². The molecule has 4 aromatic carbocycles. The second kappa shape index (κ2) is 14.0. The van der Waals surface area contributed by atoms with E-state index in [9.17, 15) is 27.8 Å². The molecule has 0 saturated carbocycles. The van der Waals surface area contributed by atoms with Gasteiger partial charge >= 0.3 is 13.2 Å². The number of aromatic nitrogens is 4. The molecule has 260 valence electrons. The molecule has 4 atom stereocenters. The van der Waals surface area contributed by atoms with Crippen molar-refractivity contribution < 1.29 is 37.2 Å². The van der Waals surface area contributed by atoms with Crippen LogP contribution in [-0.4, -0.2) is 42.5 Å². The highest BCUT2D eigenvalue weighted by atomic mass is 79.9. The molecule has 0 fully saturated rings. The first-order valence-electron chi connectivity index (χ1n) is 15.1. The van der Waals surface area contributed by atoms with E-state index in [2.05, 4.69) is 51.3 Å². The first kappa shape index (κ1) is 35.0. The van der Waals surface area contributed by atoms with Crippen LogP contribution in [0.1, 0.15) is 59.9 Å².